The molecule has 0 spiro atoms. The van der Waals surface area contributed by atoms with Crippen molar-refractivity contribution >= 4 is 61.2 Å². The first-order chi connectivity index (χ1) is 21.2. The summed E-state index contributed by atoms with van der Waals surface area (Å²) in [6.45, 7) is 6.48. The summed E-state index contributed by atoms with van der Waals surface area (Å²) < 4.78 is 4.70. The molecule has 0 saturated heterocycles. The first-order valence-electron chi connectivity index (χ1n) is 14.7. The zero-order valence-electron chi connectivity index (χ0n) is 24.0. The highest BCUT2D eigenvalue weighted by molar-refractivity contribution is 6.10. The van der Waals surface area contributed by atoms with Crippen LogP contribution in [0.5, 0.6) is 0 Å². The summed E-state index contributed by atoms with van der Waals surface area (Å²) in [5.74, 6) is 0. The molecular weight excluding hydrogens is 520 g/mol. The number of rotatable bonds is 5. The predicted octanol–water partition coefficient (Wildman–Crippen LogP) is 11.1. The molecule has 2 aromatic heterocycles. The number of fused-ring (bicyclic) bond motifs is 5. The van der Waals surface area contributed by atoms with E-state index >= 15 is 0 Å². The standard InChI is InChI=1S/C41H30N2/c1-3-38-36(34-17-9-12-20-40(34)43(38)33-23-21-29-13-7-8-14-31(29)26-33)25-28(2)30-22-24-41-37(27-30)35-18-10-11-19-39(35)42(41)32-15-5-4-6-16-32/h3-27H,1H2,2H3/b28-25+. The van der Waals surface area contributed by atoms with Gasteiger partial charge >= 0.3 is 0 Å². The second kappa shape index (κ2) is 10.0. The minimum Gasteiger partial charge on any atom is -0.309 e. The molecule has 0 radical (unpaired) electrons. The number of para-hydroxylation sites is 3. The summed E-state index contributed by atoms with van der Waals surface area (Å²) in [6, 6.07) is 50.0. The summed E-state index contributed by atoms with van der Waals surface area (Å²) >= 11 is 0. The maximum absolute atomic E-state index is 4.27. The fourth-order valence-corrected chi connectivity index (χ4v) is 6.60. The van der Waals surface area contributed by atoms with E-state index in [0.717, 1.165) is 11.4 Å². The lowest BCUT2D eigenvalue weighted by atomic mass is 10.0. The molecule has 0 aliphatic carbocycles. The third-order valence-corrected chi connectivity index (χ3v) is 8.64. The molecule has 6 aromatic carbocycles. The average molecular weight is 551 g/mol. The van der Waals surface area contributed by atoms with Crippen LogP contribution in [0, 0.1) is 0 Å². The number of hydrogen-bond donors (Lipinski definition) is 0. The van der Waals surface area contributed by atoms with Gasteiger partial charge in [-0.05, 0) is 89.5 Å². The van der Waals surface area contributed by atoms with Crippen LogP contribution >= 0.6 is 0 Å². The zero-order chi connectivity index (χ0) is 28.9. The molecule has 0 amide bonds. The van der Waals surface area contributed by atoms with Crippen LogP contribution in [-0.2, 0) is 0 Å². The van der Waals surface area contributed by atoms with Crippen LogP contribution in [0.1, 0.15) is 23.7 Å². The quantitative estimate of drug-likeness (QED) is 0.202. The van der Waals surface area contributed by atoms with E-state index in [9.17, 15) is 0 Å². The Morgan fingerprint density at radius 2 is 1.19 bits per heavy atom. The van der Waals surface area contributed by atoms with E-state index in [4.69, 9.17) is 0 Å². The van der Waals surface area contributed by atoms with Gasteiger partial charge in [-0.15, -0.1) is 0 Å². The van der Waals surface area contributed by atoms with Crippen LogP contribution in [0.3, 0.4) is 0 Å². The molecule has 0 saturated carbocycles. The highest BCUT2D eigenvalue weighted by atomic mass is 15.0. The molecular formula is C41H30N2. The van der Waals surface area contributed by atoms with Gasteiger partial charge in [0.15, 0.2) is 0 Å². The van der Waals surface area contributed by atoms with Crippen LogP contribution in [-0.4, -0.2) is 9.13 Å². The van der Waals surface area contributed by atoms with Crippen molar-refractivity contribution in [1.29, 1.82) is 0 Å². The van der Waals surface area contributed by atoms with Crippen LogP contribution in [0.2, 0.25) is 0 Å². The van der Waals surface area contributed by atoms with Gasteiger partial charge in [0.2, 0.25) is 0 Å². The van der Waals surface area contributed by atoms with E-state index in [1.807, 2.05) is 6.08 Å². The van der Waals surface area contributed by atoms with Gasteiger partial charge in [0.25, 0.3) is 0 Å². The van der Waals surface area contributed by atoms with Gasteiger partial charge in [0.05, 0.1) is 22.2 Å². The average Bonchev–Trinajstić information content (AvgIpc) is 3.57. The molecule has 8 aromatic rings. The second-order valence-corrected chi connectivity index (χ2v) is 11.1. The molecule has 0 aliphatic heterocycles. The monoisotopic (exact) mass is 550 g/mol. The molecule has 0 unspecified atom stereocenters. The molecule has 2 nitrogen and oxygen atoms in total. The second-order valence-electron chi connectivity index (χ2n) is 11.1. The molecule has 2 heteroatoms. The Balaban J connectivity index is 1.31. The van der Waals surface area contributed by atoms with Gasteiger partial charge in [-0.2, -0.15) is 0 Å². The van der Waals surface area contributed by atoms with E-state index in [0.29, 0.717) is 0 Å². The number of hydrogen-bond acceptors (Lipinski definition) is 0. The van der Waals surface area contributed by atoms with Crippen molar-refractivity contribution in [3.8, 4) is 11.4 Å². The Hall–Kier alpha value is -5.60. The van der Waals surface area contributed by atoms with Gasteiger partial charge < -0.3 is 9.13 Å². The van der Waals surface area contributed by atoms with Gasteiger partial charge in [-0.25, -0.2) is 0 Å². The molecule has 8 rings (SSSR count). The van der Waals surface area contributed by atoms with Crippen molar-refractivity contribution in [2.45, 2.75) is 6.92 Å². The van der Waals surface area contributed by atoms with E-state index in [1.54, 1.807) is 0 Å². The number of aromatic nitrogens is 2. The third-order valence-electron chi connectivity index (χ3n) is 8.64. The first-order valence-corrected chi connectivity index (χ1v) is 14.7. The molecule has 43 heavy (non-hydrogen) atoms. The van der Waals surface area contributed by atoms with Crippen molar-refractivity contribution in [2.24, 2.45) is 0 Å². The highest BCUT2D eigenvalue weighted by Gasteiger charge is 2.17. The fraction of sp³-hybridized carbons (Fsp3) is 0.0244. The SMILES string of the molecule is C=Cc1c(/C=C(\C)c2ccc3c(c2)c2ccccc2n3-c2ccccc2)c2ccccc2n1-c1ccc2ccccc2c1. The minimum absolute atomic E-state index is 1.09. The van der Waals surface area contributed by atoms with Gasteiger partial charge in [0.1, 0.15) is 0 Å². The predicted molar refractivity (Wildman–Crippen MR) is 185 cm³/mol. The fourth-order valence-electron chi connectivity index (χ4n) is 6.60. The maximum Gasteiger partial charge on any atom is 0.0541 e. The van der Waals surface area contributed by atoms with Crippen molar-refractivity contribution in [3.63, 3.8) is 0 Å². The van der Waals surface area contributed by atoms with Crippen molar-refractivity contribution < 1.29 is 0 Å². The van der Waals surface area contributed by atoms with E-state index in [1.165, 1.54) is 65.9 Å². The maximum atomic E-state index is 4.27. The molecule has 0 N–H and O–H groups in total. The first kappa shape index (κ1) is 25.1. The molecule has 2 heterocycles. The topological polar surface area (TPSA) is 9.86 Å². The Morgan fingerprint density at radius 3 is 1.98 bits per heavy atom. The van der Waals surface area contributed by atoms with Crippen LogP contribution in [0.15, 0.2) is 146 Å². The lowest BCUT2D eigenvalue weighted by molar-refractivity contribution is 1.11. The minimum atomic E-state index is 1.09. The van der Waals surface area contributed by atoms with Crippen molar-refractivity contribution in [1.82, 2.24) is 9.13 Å². The zero-order valence-corrected chi connectivity index (χ0v) is 24.0. The number of benzene rings is 6. The van der Waals surface area contributed by atoms with Crippen LogP contribution < -0.4 is 0 Å². The summed E-state index contributed by atoms with van der Waals surface area (Å²) in [6.07, 6.45) is 4.32. The normalized spacial score (nSPS) is 12.1. The van der Waals surface area contributed by atoms with Gasteiger partial charge in [-0.3, -0.25) is 0 Å². The Labute approximate surface area is 251 Å². The molecule has 0 aliphatic rings. The summed E-state index contributed by atoms with van der Waals surface area (Å²) in [5, 5.41) is 6.20. The van der Waals surface area contributed by atoms with Crippen molar-refractivity contribution in [2.75, 3.05) is 0 Å². The Morgan fingerprint density at radius 1 is 0.535 bits per heavy atom. The summed E-state index contributed by atoms with van der Waals surface area (Å²) in [7, 11) is 0. The number of nitrogens with zero attached hydrogens (tertiary/aromatic N) is 2. The largest absolute Gasteiger partial charge is 0.309 e. The van der Waals surface area contributed by atoms with E-state index in [2.05, 4.69) is 168 Å². The highest BCUT2D eigenvalue weighted by Crippen LogP contribution is 2.37. The Kier molecular flexibility index (Phi) is 5.87. The Bertz CT molecular complexity index is 2360. The summed E-state index contributed by atoms with van der Waals surface area (Å²) in [5.41, 5.74) is 10.6. The molecule has 0 fully saturated rings. The summed E-state index contributed by atoms with van der Waals surface area (Å²) in [4.78, 5) is 0. The molecule has 0 bridgehead atoms. The molecule has 0 atom stereocenters. The van der Waals surface area contributed by atoms with E-state index < -0.39 is 0 Å². The molecule has 204 valence electrons. The van der Waals surface area contributed by atoms with E-state index in [-0.39, 0.29) is 0 Å². The van der Waals surface area contributed by atoms with Gasteiger partial charge in [-0.1, -0.05) is 97.6 Å². The van der Waals surface area contributed by atoms with Crippen LogP contribution in [0.25, 0.3) is 72.6 Å². The lowest BCUT2D eigenvalue weighted by Gasteiger charge is -2.11. The lowest BCUT2D eigenvalue weighted by Crippen LogP contribution is -1.97. The smallest absolute Gasteiger partial charge is 0.0541 e. The van der Waals surface area contributed by atoms with Gasteiger partial charge in [0, 0.05) is 33.1 Å². The number of allylic oxidation sites excluding steroid dienone is 1. The third kappa shape index (κ3) is 4.03. The van der Waals surface area contributed by atoms with Crippen LogP contribution in [0.4, 0.5) is 0 Å². The van der Waals surface area contributed by atoms with Crippen molar-refractivity contribution in [3.05, 3.63) is 163 Å².